The number of carbonyl (C=O) groups excluding carboxylic acids is 1. The second-order valence-electron chi connectivity index (χ2n) is 6.52. The van der Waals surface area contributed by atoms with E-state index in [-0.39, 0.29) is 12.0 Å². The van der Waals surface area contributed by atoms with Crippen LogP contribution in [0.1, 0.15) is 36.7 Å². The van der Waals surface area contributed by atoms with E-state index >= 15 is 0 Å². The summed E-state index contributed by atoms with van der Waals surface area (Å²) in [5, 5.41) is 14.1. The highest BCUT2D eigenvalue weighted by Gasteiger charge is 2.22. The SMILES string of the molecule is CC[C@@H](O)CN1CCN(C(=O)CCc2c(C)nn(C)c2C)CC1. The topological polar surface area (TPSA) is 61.6 Å². The molecule has 6 heteroatoms. The zero-order chi connectivity index (χ0) is 17.0. The van der Waals surface area contributed by atoms with Gasteiger partial charge in [0.25, 0.3) is 0 Å². The average molecular weight is 322 g/mol. The highest BCUT2D eigenvalue weighted by Crippen LogP contribution is 2.15. The Morgan fingerprint density at radius 2 is 1.91 bits per heavy atom. The molecular formula is C17H30N4O2. The van der Waals surface area contributed by atoms with Gasteiger partial charge in [-0.25, -0.2) is 0 Å². The maximum absolute atomic E-state index is 12.4. The molecule has 1 N–H and O–H groups in total. The van der Waals surface area contributed by atoms with Gasteiger partial charge in [-0.2, -0.15) is 5.10 Å². The summed E-state index contributed by atoms with van der Waals surface area (Å²) in [5.74, 6) is 0.225. The lowest BCUT2D eigenvalue weighted by atomic mass is 10.1. The van der Waals surface area contributed by atoms with Crippen LogP contribution < -0.4 is 0 Å². The lowest BCUT2D eigenvalue weighted by molar-refractivity contribution is -0.133. The summed E-state index contributed by atoms with van der Waals surface area (Å²) in [5.41, 5.74) is 3.37. The molecule has 1 aliphatic heterocycles. The first kappa shape index (κ1) is 17.9. The standard InChI is InChI=1S/C17H30N4O2/c1-5-15(22)12-20-8-10-21(11-9-20)17(23)7-6-16-13(2)18-19(4)14(16)3/h15,22H,5-12H2,1-4H3/t15-/m1/s1. The Balaban J connectivity index is 1.79. The van der Waals surface area contributed by atoms with E-state index in [4.69, 9.17) is 0 Å². The van der Waals surface area contributed by atoms with Gasteiger partial charge in [0, 0.05) is 51.9 Å². The molecule has 0 bridgehead atoms. The quantitative estimate of drug-likeness (QED) is 0.845. The van der Waals surface area contributed by atoms with Crippen molar-refractivity contribution in [2.45, 2.75) is 46.1 Å². The highest BCUT2D eigenvalue weighted by atomic mass is 16.3. The van der Waals surface area contributed by atoms with Crippen LogP contribution in [0.3, 0.4) is 0 Å². The first-order valence-electron chi connectivity index (χ1n) is 8.59. The molecular weight excluding hydrogens is 292 g/mol. The van der Waals surface area contributed by atoms with Gasteiger partial charge in [0.2, 0.25) is 5.91 Å². The summed E-state index contributed by atoms with van der Waals surface area (Å²) in [7, 11) is 1.94. The largest absolute Gasteiger partial charge is 0.392 e. The van der Waals surface area contributed by atoms with E-state index in [1.165, 1.54) is 5.56 Å². The summed E-state index contributed by atoms with van der Waals surface area (Å²) >= 11 is 0. The zero-order valence-corrected chi connectivity index (χ0v) is 14.9. The molecule has 2 rings (SSSR count). The van der Waals surface area contributed by atoms with Gasteiger partial charge in [0.05, 0.1) is 11.8 Å². The van der Waals surface area contributed by atoms with Crippen molar-refractivity contribution in [1.29, 1.82) is 0 Å². The van der Waals surface area contributed by atoms with Crippen molar-refractivity contribution < 1.29 is 9.90 Å². The fourth-order valence-electron chi connectivity index (χ4n) is 3.18. The third-order valence-corrected chi connectivity index (χ3v) is 4.91. The maximum Gasteiger partial charge on any atom is 0.222 e. The minimum absolute atomic E-state index is 0.225. The first-order valence-corrected chi connectivity index (χ1v) is 8.59. The number of carbonyl (C=O) groups is 1. The Bertz CT molecular complexity index is 533. The number of hydrogen-bond donors (Lipinski definition) is 1. The monoisotopic (exact) mass is 322 g/mol. The van der Waals surface area contributed by atoms with E-state index in [1.807, 2.05) is 30.5 Å². The molecule has 1 aliphatic rings. The van der Waals surface area contributed by atoms with Gasteiger partial charge in [0.15, 0.2) is 0 Å². The Kier molecular flexibility index (Phi) is 6.18. The molecule has 0 aromatic carbocycles. The molecule has 1 fully saturated rings. The summed E-state index contributed by atoms with van der Waals surface area (Å²) in [6, 6.07) is 0. The van der Waals surface area contributed by atoms with Crippen LogP contribution >= 0.6 is 0 Å². The van der Waals surface area contributed by atoms with Crippen molar-refractivity contribution in [3.05, 3.63) is 17.0 Å². The molecule has 1 aromatic rings. The molecule has 1 atom stereocenters. The van der Waals surface area contributed by atoms with E-state index < -0.39 is 0 Å². The minimum atomic E-state index is -0.256. The van der Waals surface area contributed by atoms with Gasteiger partial charge in [-0.15, -0.1) is 0 Å². The van der Waals surface area contributed by atoms with Gasteiger partial charge < -0.3 is 10.0 Å². The van der Waals surface area contributed by atoms with Crippen LogP contribution in [0.4, 0.5) is 0 Å². The molecule has 130 valence electrons. The number of nitrogens with zero attached hydrogens (tertiary/aromatic N) is 4. The number of hydrogen-bond acceptors (Lipinski definition) is 4. The van der Waals surface area contributed by atoms with Crippen LogP contribution in [0.2, 0.25) is 0 Å². The van der Waals surface area contributed by atoms with Crippen molar-refractivity contribution in [3.63, 3.8) is 0 Å². The van der Waals surface area contributed by atoms with Gasteiger partial charge in [-0.1, -0.05) is 6.92 Å². The smallest absolute Gasteiger partial charge is 0.222 e. The van der Waals surface area contributed by atoms with E-state index in [0.29, 0.717) is 13.0 Å². The third-order valence-electron chi connectivity index (χ3n) is 4.91. The van der Waals surface area contributed by atoms with Crippen molar-refractivity contribution in [3.8, 4) is 0 Å². The fraction of sp³-hybridized carbons (Fsp3) is 0.765. The van der Waals surface area contributed by atoms with Crippen molar-refractivity contribution in [2.24, 2.45) is 7.05 Å². The normalized spacial score (nSPS) is 17.5. The first-order chi connectivity index (χ1) is 10.9. The number of β-amino-alcohol motifs (C(OH)–C–C–N with tert-alkyl or cyclic N) is 1. The highest BCUT2D eigenvalue weighted by molar-refractivity contribution is 5.76. The van der Waals surface area contributed by atoms with Crippen LogP contribution in [-0.2, 0) is 18.3 Å². The van der Waals surface area contributed by atoms with Gasteiger partial charge in [-0.05, 0) is 32.3 Å². The number of aliphatic hydroxyl groups is 1. The van der Waals surface area contributed by atoms with Crippen LogP contribution in [0.25, 0.3) is 0 Å². The number of rotatable bonds is 6. The molecule has 1 saturated heterocycles. The molecule has 1 aromatic heterocycles. The van der Waals surface area contributed by atoms with Crippen LogP contribution in [0.15, 0.2) is 0 Å². The van der Waals surface area contributed by atoms with E-state index in [2.05, 4.69) is 16.9 Å². The molecule has 0 radical (unpaired) electrons. The Morgan fingerprint density at radius 3 is 2.43 bits per heavy atom. The lowest BCUT2D eigenvalue weighted by Gasteiger charge is -2.35. The van der Waals surface area contributed by atoms with E-state index in [1.54, 1.807) is 0 Å². The number of piperazine rings is 1. The number of aryl methyl sites for hydroxylation is 2. The van der Waals surface area contributed by atoms with Crippen molar-refractivity contribution >= 4 is 5.91 Å². The summed E-state index contributed by atoms with van der Waals surface area (Å²) in [6.45, 7) is 10.0. The van der Waals surface area contributed by atoms with Gasteiger partial charge in [-0.3, -0.25) is 14.4 Å². The molecule has 0 unspecified atom stereocenters. The fourth-order valence-corrected chi connectivity index (χ4v) is 3.18. The zero-order valence-electron chi connectivity index (χ0n) is 14.9. The maximum atomic E-state index is 12.4. The van der Waals surface area contributed by atoms with E-state index in [0.717, 1.165) is 50.4 Å². The number of aliphatic hydroxyl groups excluding tert-OH is 1. The molecule has 0 aliphatic carbocycles. The van der Waals surface area contributed by atoms with Crippen LogP contribution in [-0.4, -0.2) is 69.4 Å². The van der Waals surface area contributed by atoms with Crippen molar-refractivity contribution in [1.82, 2.24) is 19.6 Å². The van der Waals surface area contributed by atoms with Crippen LogP contribution in [0, 0.1) is 13.8 Å². The second kappa shape index (κ2) is 7.93. The minimum Gasteiger partial charge on any atom is -0.392 e. The number of aromatic nitrogens is 2. The summed E-state index contributed by atoms with van der Waals surface area (Å²) in [4.78, 5) is 16.6. The summed E-state index contributed by atoms with van der Waals surface area (Å²) in [6.07, 6.45) is 1.83. The molecule has 6 nitrogen and oxygen atoms in total. The lowest BCUT2D eigenvalue weighted by Crippen LogP contribution is -2.50. The Hall–Kier alpha value is -1.40. The van der Waals surface area contributed by atoms with Gasteiger partial charge in [0.1, 0.15) is 0 Å². The average Bonchev–Trinajstić information content (AvgIpc) is 2.78. The van der Waals surface area contributed by atoms with Crippen molar-refractivity contribution in [2.75, 3.05) is 32.7 Å². The molecule has 2 heterocycles. The van der Waals surface area contributed by atoms with Crippen LogP contribution in [0.5, 0.6) is 0 Å². The third kappa shape index (κ3) is 4.54. The predicted octanol–water partition coefficient (Wildman–Crippen LogP) is 0.885. The molecule has 1 amide bonds. The molecule has 0 saturated carbocycles. The Morgan fingerprint density at radius 1 is 1.26 bits per heavy atom. The van der Waals surface area contributed by atoms with Gasteiger partial charge >= 0.3 is 0 Å². The summed E-state index contributed by atoms with van der Waals surface area (Å²) < 4.78 is 1.88. The predicted molar refractivity (Wildman–Crippen MR) is 90.3 cm³/mol. The molecule has 23 heavy (non-hydrogen) atoms. The molecule has 0 spiro atoms. The number of amides is 1. The van der Waals surface area contributed by atoms with E-state index in [9.17, 15) is 9.90 Å². The Labute approximate surface area is 139 Å². The second-order valence-corrected chi connectivity index (χ2v) is 6.52.